The Kier molecular flexibility index (Phi) is 46.4. The van der Waals surface area contributed by atoms with Crippen LogP contribution < -0.4 is 0 Å². The lowest BCUT2D eigenvalue weighted by Crippen LogP contribution is -2.30. The lowest BCUT2D eigenvalue weighted by molar-refractivity contribution is -0.166. The van der Waals surface area contributed by atoms with Gasteiger partial charge in [0.1, 0.15) is 13.2 Å². The third-order valence-electron chi connectivity index (χ3n) is 10.8. The summed E-state index contributed by atoms with van der Waals surface area (Å²) in [5.41, 5.74) is 0. The first-order valence-electron chi connectivity index (χ1n) is 25.3. The Morgan fingerprint density at radius 3 is 1.23 bits per heavy atom. The minimum absolute atomic E-state index is 0.0960. The highest BCUT2D eigenvalue weighted by molar-refractivity contribution is 5.71. The van der Waals surface area contributed by atoms with Gasteiger partial charge in [-0.2, -0.15) is 0 Å². The molecule has 0 aliphatic rings. The first kappa shape index (κ1) is 57.1. The number of carbonyl (C=O) groups excluding carboxylic acids is 3. The number of hydrogen-bond acceptors (Lipinski definition) is 6. The Bertz CT molecular complexity index is 1100. The van der Waals surface area contributed by atoms with Gasteiger partial charge in [0, 0.05) is 19.3 Å². The van der Waals surface area contributed by atoms with Crippen molar-refractivity contribution in [2.45, 2.75) is 252 Å². The number of carbonyl (C=O) groups is 3. The maximum atomic E-state index is 12.8. The van der Waals surface area contributed by atoms with Gasteiger partial charge in [-0.15, -0.1) is 0 Å². The van der Waals surface area contributed by atoms with Crippen molar-refractivity contribution in [3.8, 4) is 0 Å². The van der Waals surface area contributed by atoms with Crippen LogP contribution in [0.5, 0.6) is 0 Å². The molecular formula is C54H94O6. The largest absolute Gasteiger partial charge is 0.462 e. The molecule has 0 aromatic heterocycles. The zero-order valence-corrected chi connectivity index (χ0v) is 39.5. The summed E-state index contributed by atoms with van der Waals surface area (Å²) < 4.78 is 16.7. The van der Waals surface area contributed by atoms with E-state index in [1.165, 1.54) is 135 Å². The van der Waals surface area contributed by atoms with Gasteiger partial charge in [0.25, 0.3) is 0 Å². The van der Waals surface area contributed by atoms with Gasteiger partial charge in [-0.05, 0) is 57.8 Å². The van der Waals surface area contributed by atoms with Crippen LogP contribution in [0, 0.1) is 0 Å². The molecule has 60 heavy (non-hydrogen) atoms. The molecule has 0 fully saturated rings. The fourth-order valence-corrected chi connectivity index (χ4v) is 7.02. The van der Waals surface area contributed by atoms with Crippen molar-refractivity contribution in [2.75, 3.05) is 13.2 Å². The van der Waals surface area contributed by atoms with Gasteiger partial charge in [-0.25, -0.2) is 0 Å². The van der Waals surface area contributed by atoms with Crippen LogP contribution >= 0.6 is 0 Å². The molecule has 1 atom stereocenters. The van der Waals surface area contributed by atoms with E-state index in [1.807, 2.05) is 6.08 Å². The molecule has 0 N–H and O–H groups in total. The molecule has 0 bridgehead atoms. The monoisotopic (exact) mass is 839 g/mol. The number of rotatable bonds is 45. The van der Waals surface area contributed by atoms with Crippen molar-refractivity contribution in [3.63, 3.8) is 0 Å². The average molecular weight is 839 g/mol. The summed E-state index contributed by atoms with van der Waals surface area (Å²) in [7, 11) is 0. The van der Waals surface area contributed by atoms with Gasteiger partial charge >= 0.3 is 17.9 Å². The molecule has 6 nitrogen and oxygen atoms in total. The molecule has 0 aliphatic heterocycles. The summed E-state index contributed by atoms with van der Waals surface area (Å²) in [6.45, 7) is 6.44. The van der Waals surface area contributed by atoms with Gasteiger partial charge in [0.05, 0.1) is 0 Å². The maximum absolute atomic E-state index is 12.8. The Hall–Kier alpha value is -2.89. The van der Waals surface area contributed by atoms with Gasteiger partial charge in [-0.3, -0.25) is 14.4 Å². The molecule has 1 unspecified atom stereocenters. The summed E-state index contributed by atoms with van der Waals surface area (Å²) in [4.78, 5) is 37.9. The molecule has 0 saturated carbocycles. The molecule has 0 aliphatic carbocycles. The molecule has 0 radical (unpaired) electrons. The van der Waals surface area contributed by atoms with Crippen LogP contribution in [0.2, 0.25) is 0 Å². The van der Waals surface area contributed by atoms with E-state index in [-0.39, 0.29) is 37.5 Å². The second-order valence-electron chi connectivity index (χ2n) is 16.8. The molecule has 0 spiro atoms. The van der Waals surface area contributed by atoms with E-state index < -0.39 is 6.10 Å². The van der Waals surface area contributed by atoms with Crippen LogP contribution in [-0.2, 0) is 28.6 Å². The van der Waals surface area contributed by atoms with Crippen LogP contribution in [0.3, 0.4) is 0 Å². The second-order valence-corrected chi connectivity index (χ2v) is 16.8. The Balaban J connectivity index is 4.44. The van der Waals surface area contributed by atoms with E-state index in [4.69, 9.17) is 14.2 Å². The van der Waals surface area contributed by atoms with E-state index >= 15 is 0 Å². The minimum Gasteiger partial charge on any atom is -0.462 e. The highest BCUT2D eigenvalue weighted by atomic mass is 16.6. The smallest absolute Gasteiger partial charge is 0.306 e. The number of unbranched alkanes of at least 4 members (excludes halogenated alkanes) is 26. The quantitative estimate of drug-likeness (QED) is 0.0200. The summed E-state index contributed by atoms with van der Waals surface area (Å²) in [6, 6.07) is 0. The summed E-state index contributed by atoms with van der Waals surface area (Å²) in [5.74, 6) is -0.973. The van der Waals surface area contributed by atoms with E-state index in [2.05, 4.69) is 75.5 Å². The zero-order chi connectivity index (χ0) is 43.7. The molecule has 6 heteroatoms. The predicted octanol–water partition coefficient (Wildman–Crippen LogP) is 16.5. The summed E-state index contributed by atoms with van der Waals surface area (Å²) >= 11 is 0. The van der Waals surface area contributed by atoms with Crippen LogP contribution in [-0.4, -0.2) is 37.2 Å². The number of ether oxygens (including phenoxy) is 3. The molecule has 0 heterocycles. The Labute approximate surface area is 370 Å². The van der Waals surface area contributed by atoms with Crippen molar-refractivity contribution in [1.82, 2.24) is 0 Å². The lowest BCUT2D eigenvalue weighted by Gasteiger charge is -2.18. The van der Waals surface area contributed by atoms with E-state index in [0.29, 0.717) is 19.3 Å². The molecule has 0 saturated heterocycles. The maximum Gasteiger partial charge on any atom is 0.306 e. The average Bonchev–Trinajstić information content (AvgIpc) is 3.24. The first-order valence-corrected chi connectivity index (χ1v) is 25.3. The first-order chi connectivity index (χ1) is 29.5. The highest BCUT2D eigenvalue weighted by Crippen LogP contribution is 2.15. The fourth-order valence-electron chi connectivity index (χ4n) is 7.02. The van der Waals surface area contributed by atoms with Crippen molar-refractivity contribution < 1.29 is 28.6 Å². The molecule has 0 amide bonds. The number of hydrogen-bond donors (Lipinski definition) is 0. The Morgan fingerprint density at radius 2 is 0.750 bits per heavy atom. The highest BCUT2D eigenvalue weighted by Gasteiger charge is 2.19. The van der Waals surface area contributed by atoms with Gasteiger partial charge in [0.15, 0.2) is 6.10 Å². The summed E-state index contributed by atoms with van der Waals surface area (Å²) in [6.07, 6.45) is 59.3. The third kappa shape index (κ3) is 46.2. The lowest BCUT2D eigenvalue weighted by atomic mass is 10.0. The minimum atomic E-state index is -0.798. The second kappa shape index (κ2) is 48.8. The normalized spacial score (nSPS) is 12.5. The number of esters is 3. The topological polar surface area (TPSA) is 78.9 Å². The van der Waals surface area contributed by atoms with Crippen molar-refractivity contribution in [3.05, 3.63) is 60.8 Å². The van der Waals surface area contributed by atoms with Crippen LogP contribution in [0.4, 0.5) is 0 Å². The van der Waals surface area contributed by atoms with Crippen LogP contribution in [0.25, 0.3) is 0 Å². The SMILES string of the molecule is CC\C=C/C=C\C=C/CCCCCCCCCC(=O)OCC(COC(=O)CC/C=C\C/C=C\CCCCCCCC)OC(=O)CCCCCCCCCCCCCCCC. The van der Waals surface area contributed by atoms with Crippen LogP contribution in [0.1, 0.15) is 245 Å². The summed E-state index contributed by atoms with van der Waals surface area (Å²) in [5, 5.41) is 0. The zero-order valence-electron chi connectivity index (χ0n) is 39.5. The fraction of sp³-hybridized carbons (Fsp3) is 0.759. The molecule has 0 aromatic carbocycles. The standard InChI is InChI=1S/C54H94O6/c1-4-7-10-13-16-19-22-25-27-30-32-35-38-41-44-47-53(56)59-50-51(49-58-52(55)46-43-40-37-34-31-28-24-21-18-15-12-9-6-3)60-54(57)48-45-42-39-36-33-29-26-23-20-17-14-11-8-5-2/h7,10,13,16,19,22,28,31,37,40,51H,4-6,8-9,11-12,14-15,17-18,20-21,23-27,29-30,32-36,38-39,41-50H2,1-3H3/b10-7-,16-13-,22-19-,31-28-,40-37-. The Morgan fingerprint density at radius 1 is 0.367 bits per heavy atom. The van der Waals surface area contributed by atoms with Crippen molar-refractivity contribution >= 4 is 17.9 Å². The van der Waals surface area contributed by atoms with E-state index in [0.717, 1.165) is 64.2 Å². The van der Waals surface area contributed by atoms with Crippen molar-refractivity contribution in [2.24, 2.45) is 0 Å². The van der Waals surface area contributed by atoms with Crippen LogP contribution in [0.15, 0.2) is 60.8 Å². The van der Waals surface area contributed by atoms with E-state index in [9.17, 15) is 14.4 Å². The van der Waals surface area contributed by atoms with E-state index in [1.54, 1.807) is 0 Å². The van der Waals surface area contributed by atoms with Gasteiger partial charge in [0.2, 0.25) is 0 Å². The molecule has 0 aromatic rings. The third-order valence-corrected chi connectivity index (χ3v) is 10.8. The number of allylic oxidation sites excluding steroid dienone is 10. The predicted molar refractivity (Wildman–Crippen MR) is 256 cm³/mol. The van der Waals surface area contributed by atoms with Gasteiger partial charge < -0.3 is 14.2 Å². The van der Waals surface area contributed by atoms with Crippen molar-refractivity contribution in [1.29, 1.82) is 0 Å². The molecular weight excluding hydrogens is 745 g/mol. The molecule has 0 rings (SSSR count). The molecule has 346 valence electrons. The van der Waals surface area contributed by atoms with Gasteiger partial charge in [-0.1, -0.05) is 229 Å².